The standard InChI is InChI=1S/C22H24N4O2/c1-26-15-17(13-24-26)16-9-10-20(22(27)25-18-6-3-2-4-7-18)21(12-16)28-19-8-5-11-23-14-19/h2-4,6-7,9-10,12-13,15,19,23H,5,8,11,14H2,1H3,(H,25,27)/t19-/m1/s1. The van der Waals surface area contributed by atoms with E-state index < -0.39 is 0 Å². The zero-order valence-corrected chi connectivity index (χ0v) is 15.9. The van der Waals surface area contributed by atoms with E-state index in [4.69, 9.17) is 4.74 Å². The number of carbonyl (C=O) groups is 1. The minimum atomic E-state index is -0.178. The van der Waals surface area contributed by atoms with E-state index in [1.165, 1.54) is 0 Å². The highest BCUT2D eigenvalue weighted by atomic mass is 16.5. The van der Waals surface area contributed by atoms with Gasteiger partial charge in [-0.1, -0.05) is 24.3 Å². The van der Waals surface area contributed by atoms with Crippen LogP contribution in [-0.4, -0.2) is 34.9 Å². The summed E-state index contributed by atoms with van der Waals surface area (Å²) in [6.07, 6.45) is 5.86. The summed E-state index contributed by atoms with van der Waals surface area (Å²) in [5, 5.41) is 10.5. The number of hydrogen-bond donors (Lipinski definition) is 2. The number of hydrogen-bond acceptors (Lipinski definition) is 4. The van der Waals surface area contributed by atoms with E-state index in [1.54, 1.807) is 4.68 Å². The van der Waals surface area contributed by atoms with E-state index in [-0.39, 0.29) is 12.0 Å². The van der Waals surface area contributed by atoms with Gasteiger partial charge in [0.05, 0.1) is 11.8 Å². The van der Waals surface area contributed by atoms with Gasteiger partial charge in [-0.2, -0.15) is 5.10 Å². The number of piperidine rings is 1. The van der Waals surface area contributed by atoms with Gasteiger partial charge in [-0.25, -0.2) is 0 Å². The first-order chi connectivity index (χ1) is 13.7. The van der Waals surface area contributed by atoms with Crippen molar-refractivity contribution in [2.24, 2.45) is 7.05 Å². The van der Waals surface area contributed by atoms with Gasteiger partial charge in [0.25, 0.3) is 5.91 Å². The second-order valence-corrected chi connectivity index (χ2v) is 7.02. The Morgan fingerprint density at radius 3 is 2.79 bits per heavy atom. The van der Waals surface area contributed by atoms with Crippen LogP contribution in [0.5, 0.6) is 5.75 Å². The number of aryl methyl sites for hydroxylation is 1. The monoisotopic (exact) mass is 376 g/mol. The average molecular weight is 376 g/mol. The smallest absolute Gasteiger partial charge is 0.259 e. The van der Waals surface area contributed by atoms with Crippen LogP contribution in [0.4, 0.5) is 5.69 Å². The Kier molecular flexibility index (Phi) is 5.39. The molecule has 1 aliphatic heterocycles. The van der Waals surface area contributed by atoms with Crippen LogP contribution in [0.2, 0.25) is 0 Å². The molecule has 0 radical (unpaired) electrons. The van der Waals surface area contributed by atoms with Crippen LogP contribution >= 0.6 is 0 Å². The van der Waals surface area contributed by atoms with Crippen LogP contribution in [-0.2, 0) is 7.05 Å². The van der Waals surface area contributed by atoms with Crippen molar-refractivity contribution >= 4 is 11.6 Å². The number of nitrogens with zero attached hydrogens (tertiary/aromatic N) is 2. The molecule has 6 nitrogen and oxygen atoms in total. The van der Waals surface area contributed by atoms with Crippen molar-refractivity contribution in [1.82, 2.24) is 15.1 Å². The third-order valence-corrected chi connectivity index (χ3v) is 4.84. The molecular weight excluding hydrogens is 352 g/mol. The third kappa shape index (κ3) is 4.23. The number of nitrogens with one attached hydrogen (secondary N) is 2. The van der Waals surface area contributed by atoms with Crippen molar-refractivity contribution in [3.05, 3.63) is 66.5 Å². The summed E-state index contributed by atoms with van der Waals surface area (Å²) in [5.74, 6) is 0.422. The maximum atomic E-state index is 12.9. The molecule has 0 bridgehead atoms. The minimum absolute atomic E-state index is 0.0566. The number of aromatic nitrogens is 2. The second-order valence-electron chi connectivity index (χ2n) is 7.02. The van der Waals surface area contributed by atoms with E-state index in [2.05, 4.69) is 15.7 Å². The van der Waals surface area contributed by atoms with Gasteiger partial charge >= 0.3 is 0 Å². The molecule has 1 aromatic heterocycles. The molecule has 3 aromatic rings. The summed E-state index contributed by atoms with van der Waals surface area (Å²) >= 11 is 0. The van der Waals surface area contributed by atoms with Crippen molar-refractivity contribution in [1.29, 1.82) is 0 Å². The number of anilines is 1. The molecule has 1 amide bonds. The number of rotatable bonds is 5. The number of amides is 1. The van der Waals surface area contributed by atoms with Crippen molar-refractivity contribution in [3.63, 3.8) is 0 Å². The number of carbonyl (C=O) groups excluding carboxylic acids is 1. The maximum absolute atomic E-state index is 12.9. The summed E-state index contributed by atoms with van der Waals surface area (Å²) in [5.41, 5.74) is 3.25. The molecular formula is C22H24N4O2. The van der Waals surface area contributed by atoms with Crippen molar-refractivity contribution in [2.75, 3.05) is 18.4 Å². The SMILES string of the molecule is Cn1cc(-c2ccc(C(=O)Nc3ccccc3)c(O[C@@H]3CCCNC3)c2)cn1. The summed E-state index contributed by atoms with van der Waals surface area (Å²) in [7, 11) is 1.89. The molecule has 1 saturated heterocycles. The fourth-order valence-electron chi connectivity index (χ4n) is 3.38. The summed E-state index contributed by atoms with van der Waals surface area (Å²) in [4.78, 5) is 12.9. The van der Waals surface area contributed by atoms with Crippen molar-refractivity contribution in [2.45, 2.75) is 18.9 Å². The lowest BCUT2D eigenvalue weighted by Gasteiger charge is -2.25. The lowest BCUT2D eigenvalue weighted by molar-refractivity contribution is 0.101. The quantitative estimate of drug-likeness (QED) is 0.715. The summed E-state index contributed by atoms with van der Waals surface area (Å²) in [6.45, 7) is 1.80. The largest absolute Gasteiger partial charge is 0.488 e. The summed E-state index contributed by atoms with van der Waals surface area (Å²) < 4.78 is 8.02. The van der Waals surface area contributed by atoms with E-state index in [1.807, 2.05) is 68.0 Å². The van der Waals surface area contributed by atoms with E-state index >= 15 is 0 Å². The zero-order chi connectivity index (χ0) is 19.3. The first kappa shape index (κ1) is 18.3. The molecule has 0 unspecified atom stereocenters. The van der Waals surface area contributed by atoms with Crippen LogP contribution in [0.1, 0.15) is 23.2 Å². The van der Waals surface area contributed by atoms with Gasteiger partial charge in [-0.05, 0) is 49.2 Å². The molecule has 0 aliphatic carbocycles. The van der Waals surface area contributed by atoms with Crippen LogP contribution in [0.25, 0.3) is 11.1 Å². The molecule has 1 aliphatic rings. The average Bonchev–Trinajstić information content (AvgIpc) is 3.16. The molecule has 0 saturated carbocycles. The zero-order valence-electron chi connectivity index (χ0n) is 15.9. The van der Waals surface area contributed by atoms with Crippen LogP contribution in [0.15, 0.2) is 60.9 Å². The third-order valence-electron chi connectivity index (χ3n) is 4.84. The number of para-hydroxylation sites is 1. The van der Waals surface area contributed by atoms with Gasteiger partial charge in [0.1, 0.15) is 11.9 Å². The van der Waals surface area contributed by atoms with E-state index in [9.17, 15) is 4.79 Å². The highest BCUT2D eigenvalue weighted by molar-refractivity contribution is 6.06. The van der Waals surface area contributed by atoms with Gasteiger partial charge in [-0.15, -0.1) is 0 Å². The fraction of sp³-hybridized carbons (Fsp3) is 0.273. The predicted octanol–water partition coefficient (Wildman–Crippen LogP) is 3.47. The molecule has 2 N–H and O–H groups in total. The molecule has 1 atom stereocenters. The normalized spacial score (nSPS) is 16.5. The Morgan fingerprint density at radius 1 is 1.21 bits per heavy atom. The molecule has 6 heteroatoms. The minimum Gasteiger partial charge on any atom is -0.488 e. The number of benzene rings is 2. The van der Waals surface area contributed by atoms with Gasteiger partial charge in [-0.3, -0.25) is 9.48 Å². The molecule has 144 valence electrons. The lowest BCUT2D eigenvalue weighted by Crippen LogP contribution is -2.37. The molecule has 0 spiro atoms. The lowest BCUT2D eigenvalue weighted by atomic mass is 10.0. The van der Waals surface area contributed by atoms with E-state index in [0.29, 0.717) is 11.3 Å². The van der Waals surface area contributed by atoms with Gasteiger partial charge in [0.15, 0.2) is 0 Å². The van der Waals surface area contributed by atoms with Gasteiger partial charge in [0, 0.05) is 31.0 Å². The Morgan fingerprint density at radius 2 is 2.07 bits per heavy atom. The first-order valence-corrected chi connectivity index (χ1v) is 9.56. The Bertz CT molecular complexity index is 946. The van der Waals surface area contributed by atoms with Crippen molar-refractivity contribution in [3.8, 4) is 16.9 Å². The highest BCUT2D eigenvalue weighted by Gasteiger charge is 2.20. The predicted molar refractivity (Wildman–Crippen MR) is 110 cm³/mol. The molecule has 1 fully saturated rings. The first-order valence-electron chi connectivity index (χ1n) is 9.56. The Labute approximate surface area is 164 Å². The fourth-order valence-corrected chi connectivity index (χ4v) is 3.38. The van der Waals surface area contributed by atoms with Crippen molar-refractivity contribution < 1.29 is 9.53 Å². The van der Waals surface area contributed by atoms with Gasteiger partial charge in [0.2, 0.25) is 0 Å². The second kappa shape index (κ2) is 8.27. The highest BCUT2D eigenvalue weighted by Crippen LogP contribution is 2.29. The van der Waals surface area contributed by atoms with E-state index in [0.717, 1.165) is 42.7 Å². The summed E-state index contributed by atoms with van der Waals surface area (Å²) in [6, 6.07) is 15.1. The van der Waals surface area contributed by atoms with Crippen LogP contribution < -0.4 is 15.4 Å². The maximum Gasteiger partial charge on any atom is 0.259 e. The molecule has 4 rings (SSSR count). The van der Waals surface area contributed by atoms with Crippen LogP contribution in [0, 0.1) is 0 Å². The molecule has 2 heterocycles. The Hall–Kier alpha value is -3.12. The Balaban J connectivity index is 1.64. The topological polar surface area (TPSA) is 68.2 Å². The number of ether oxygens (including phenoxy) is 1. The molecule has 28 heavy (non-hydrogen) atoms. The van der Waals surface area contributed by atoms with Crippen LogP contribution in [0.3, 0.4) is 0 Å². The molecule has 2 aromatic carbocycles. The van der Waals surface area contributed by atoms with Gasteiger partial charge < -0.3 is 15.4 Å².